The van der Waals surface area contributed by atoms with E-state index in [1.165, 1.54) is 37.3 Å². The zero-order valence-corrected chi connectivity index (χ0v) is 24.0. The highest BCUT2D eigenvalue weighted by molar-refractivity contribution is 8.15. The highest BCUT2D eigenvalue weighted by atomic mass is 35.5. The Morgan fingerprint density at radius 3 is 2.39 bits per heavy atom. The Morgan fingerprint density at radius 2 is 1.76 bits per heavy atom. The minimum absolute atomic E-state index is 0.142. The molecule has 0 spiro atoms. The molecule has 1 N–H and O–H groups in total. The normalized spacial score (nSPS) is 14.5. The van der Waals surface area contributed by atoms with Crippen LogP contribution in [0.2, 0.25) is 5.02 Å². The number of nitrogens with zero attached hydrogens (tertiary/aromatic N) is 3. The van der Waals surface area contributed by atoms with Crippen molar-refractivity contribution in [3.63, 3.8) is 0 Å². The number of thioether (sulfide) groups is 1. The lowest BCUT2D eigenvalue weighted by Gasteiger charge is -2.21. The summed E-state index contributed by atoms with van der Waals surface area (Å²) in [6.45, 7) is 1.63. The van der Waals surface area contributed by atoms with Gasteiger partial charge >= 0.3 is 0 Å². The maximum Gasteiger partial charge on any atom is 0.283 e. The number of aliphatic imine (C=N–C) groups is 1. The summed E-state index contributed by atoms with van der Waals surface area (Å²) < 4.78 is 15.8. The van der Waals surface area contributed by atoms with Gasteiger partial charge < -0.3 is 19.5 Å². The number of carbonyl (C=O) groups excluding carboxylic acids is 2. The number of non-ortho nitro benzene ring substituents is 1. The molecule has 1 unspecified atom stereocenters. The van der Waals surface area contributed by atoms with Crippen LogP contribution in [0.1, 0.15) is 12.5 Å². The molecular weight excluding hydrogens is 572 g/mol. The molecule has 1 aliphatic rings. The van der Waals surface area contributed by atoms with Crippen LogP contribution in [0.15, 0.2) is 71.4 Å². The fourth-order valence-corrected chi connectivity index (χ4v) is 4.92. The van der Waals surface area contributed by atoms with Crippen LogP contribution in [-0.2, 0) is 9.59 Å². The lowest BCUT2D eigenvalue weighted by molar-refractivity contribution is -0.384. The van der Waals surface area contributed by atoms with Crippen LogP contribution in [0.5, 0.6) is 17.2 Å². The maximum atomic E-state index is 13.6. The highest BCUT2D eigenvalue weighted by Crippen LogP contribution is 2.36. The molecule has 0 aliphatic carbocycles. The fourth-order valence-electron chi connectivity index (χ4n) is 3.80. The van der Waals surface area contributed by atoms with Crippen molar-refractivity contribution in [2.75, 3.05) is 31.5 Å². The van der Waals surface area contributed by atoms with Crippen LogP contribution in [0.3, 0.4) is 0 Å². The Morgan fingerprint density at radius 1 is 1.05 bits per heavy atom. The van der Waals surface area contributed by atoms with Crippen LogP contribution >= 0.6 is 23.4 Å². The molecule has 1 aliphatic heterocycles. The predicted molar refractivity (Wildman–Crippen MR) is 159 cm³/mol. The standard InChI is InChI=1S/C28H25ClN4O7S/c1-16(26(34)30-22-14-19(33(36)37)8-12-24(22)39-3)41-28-31-23(13-17-5-9-20(38-2)10-6-17)27(35)32(28)18-7-11-21(29)25(15-18)40-4/h5-16H,1-4H3,(H,30,34)/b23-13-. The van der Waals surface area contributed by atoms with Gasteiger partial charge in [0.05, 0.1) is 47.9 Å². The van der Waals surface area contributed by atoms with Crippen molar-refractivity contribution in [2.45, 2.75) is 12.2 Å². The number of nitro benzene ring substituents is 1. The topological polar surface area (TPSA) is 133 Å². The summed E-state index contributed by atoms with van der Waals surface area (Å²) in [6.07, 6.45) is 1.63. The van der Waals surface area contributed by atoms with Crippen molar-refractivity contribution in [1.29, 1.82) is 0 Å². The minimum atomic E-state index is -0.775. The average Bonchev–Trinajstić information content (AvgIpc) is 3.27. The molecule has 3 aromatic rings. The average molecular weight is 597 g/mol. The Bertz CT molecular complexity index is 1560. The van der Waals surface area contributed by atoms with E-state index in [0.717, 1.165) is 17.3 Å². The van der Waals surface area contributed by atoms with Gasteiger partial charge in [0.1, 0.15) is 22.9 Å². The van der Waals surface area contributed by atoms with E-state index < -0.39 is 22.0 Å². The molecule has 0 bridgehead atoms. The highest BCUT2D eigenvalue weighted by Gasteiger charge is 2.35. The van der Waals surface area contributed by atoms with Gasteiger partial charge in [0.25, 0.3) is 11.6 Å². The number of rotatable bonds is 9. The van der Waals surface area contributed by atoms with Gasteiger partial charge in [0.15, 0.2) is 5.17 Å². The van der Waals surface area contributed by atoms with Crippen molar-refractivity contribution in [3.05, 3.63) is 87.1 Å². The second-order valence-corrected chi connectivity index (χ2v) is 10.3. The number of ether oxygens (including phenoxy) is 3. The largest absolute Gasteiger partial charge is 0.497 e. The second kappa shape index (κ2) is 12.7. The Hall–Kier alpha value is -4.55. The number of hydrogen-bond acceptors (Lipinski definition) is 9. The first kappa shape index (κ1) is 29.4. The molecule has 11 nitrogen and oxygen atoms in total. The summed E-state index contributed by atoms with van der Waals surface area (Å²) in [5.41, 5.74) is 1.25. The summed E-state index contributed by atoms with van der Waals surface area (Å²) in [7, 11) is 4.42. The number of nitrogens with one attached hydrogen (secondary N) is 1. The van der Waals surface area contributed by atoms with Gasteiger partial charge in [0.2, 0.25) is 5.91 Å². The number of nitro groups is 1. The van der Waals surface area contributed by atoms with Crippen molar-refractivity contribution in [3.8, 4) is 17.2 Å². The summed E-state index contributed by atoms with van der Waals surface area (Å²) in [4.78, 5) is 43.4. The zero-order valence-electron chi connectivity index (χ0n) is 22.4. The Balaban J connectivity index is 1.65. The number of hydrogen-bond donors (Lipinski definition) is 1. The molecule has 212 valence electrons. The van der Waals surface area contributed by atoms with E-state index in [1.807, 2.05) is 0 Å². The molecular formula is C28H25ClN4O7S. The van der Waals surface area contributed by atoms with E-state index in [2.05, 4.69) is 10.3 Å². The molecule has 0 radical (unpaired) electrons. The lowest BCUT2D eigenvalue weighted by atomic mass is 10.2. The summed E-state index contributed by atoms with van der Waals surface area (Å²) >= 11 is 7.24. The van der Waals surface area contributed by atoms with E-state index in [-0.39, 0.29) is 28.0 Å². The molecule has 0 aromatic heterocycles. The van der Waals surface area contributed by atoms with Crippen LogP contribution < -0.4 is 24.4 Å². The van der Waals surface area contributed by atoms with Gasteiger partial charge in [-0.1, -0.05) is 35.5 Å². The van der Waals surface area contributed by atoms with Crippen LogP contribution in [0, 0.1) is 10.1 Å². The van der Waals surface area contributed by atoms with E-state index >= 15 is 0 Å². The van der Waals surface area contributed by atoms with Gasteiger partial charge in [-0.15, -0.1) is 0 Å². The number of halogens is 1. The monoisotopic (exact) mass is 596 g/mol. The smallest absolute Gasteiger partial charge is 0.283 e. The third-order valence-electron chi connectivity index (χ3n) is 5.94. The van der Waals surface area contributed by atoms with E-state index in [0.29, 0.717) is 22.2 Å². The second-order valence-electron chi connectivity index (χ2n) is 8.55. The molecule has 4 rings (SSSR count). The molecule has 2 amide bonds. The number of methoxy groups -OCH3 is 3. The molecule has 0 fully saturated rings. The Kier molecular flexibility index (Phi) is 9.15. The molecule has 1 atom stereocenters. The van der Waals surface area contributed by atoms with Gasteiger partial charge in [-0.05, 0) is 48.9 Å². The third-order valence-corrected chi connectivity index (χ3v) is 7.31. The predicted octanol–water partition coefficient (Wildman–Crippen LogP) is 5.78. The molecule has 0 saturated heterocycles. The summed E-state index contributed by atoms with van der Waals surface area (Å²) in [5.74, 6) is 0.386. The SMILES string of the molecule is COc1ccc(/C=C2\N=C(SC(C)C(=O)Nc3cc([N+](=O)[O-])ccc3OC)N(c3ccc(Cl)c(OC)c3)C2=O)cc1. The molecule has 41 heavy (non-hydrogen) atoms. The number of benzene rings is 3. The van der Waals surface area contributed by atoms with E-state index in [4.69, 9.17) is 25.8 Å². The number of anilines is 2. The fraction of sp³-hybridized carbons (Fsp3) is 0.179. The number of amides is 2. The first-order chi connectivity index (χ1) is 19.6. The van der Waals surface area contributed by atoms with Gasteiger partial charge in [0, 0.05) is 18.2 Å². The van der Waals surface area contributed by atoms with Crippen molar-refractivity contribution >= 4 is 63.5 Å². The number of carbonyl (C=O) groups is 2. The van der Waals surface area contributed by atoms with Crippen molar-refractivity contribution in [2.24, 2.45) is 4.99 Å². The third kappa shape index (κ3) is 6.61. The van der Waals surface area contributed by atoms with Crippen molar-refractivity contribution < 1.29 is 28.7 Å². The number of amidine groups is 1. The van der Waals surface area contributed by atoms with E-state index in [1.54, 1.807) is 62.6 Å². The first-order valence-corrected chi connectivity index (χ1v) is 13.3. The van der Waals surface area contributed by atoms with Gasteiger partial charge in [-0.25, -0.2) is 4.99 Å². The molecule has 3 aromatic carbocycles. The van der Waals surface area contributed by atoms with Gasteiger partial charge in [-0.2, -0.15) is 0 Å². The zero-order chi connectivity index (χ0) is 29.7. The molecule has 0 saturated carbocycles. The summed E-state index contributed by atoms with van der Waals surface area (Å²) in [5, 5.41) is 13.7. The molecule has 1 heterocycles. The van der Waals surface area contributed by atoms with Crippen LogP contribution in [0.4, 0.5) is 17.1 Å². The van der Waals surface area contributed by atoms with Crippen LogP contribution in [-0.4, -0.2) is 48.5 Å². The quantitative estimate of drug-likeness (QED) is 0.187. The van der Waals surface area contributed by atoms with Gasteiger partial charge in [-0.3, -0.25) is 24.6 Å². The van der Waals surface area contributed by atoms with E-state index in [9.17, 15) is 19.7 Å². The Labute approximate surface area is 244 Å². The molecule has 13 heteroatoms. The van der Waals surface area contributed by atoms with Crippen LogP contribution in [0.25, 0.3) is 6.08 Å². The summed E-state index contributed by atoms with van der Waals surface area (Å²) in [6, 6.07) is 15.9. The maximum absolute atomic E-state index is 13.6. The first-order valence-electron chi connectivity index (χ1n) is 12.1. The van der Waals surface area contributed by atoms with Crippen molar-refractivity contribution in [1.82, 2.24) is 0 Å². The lowest BCUT2D eigenvalue weighted by Crippen LogP contribution is -2.33. The minimum Gasteiger partial charge on any atom is -0.497 e.